The van der Waals surface area contributed by atoms with Gasteiger partial charge < -0.3 is 5.32 Å². The van der Waals surface area contributed by atoms with Crippen LogP contribution in [0.2, 0.25) is 0 Å². The van der Waals surface area contributed by atoms with E-state index in [9.17, 15) is 0 Å². The van der Waals surface area contributed by atoms with Crippen LogP contribution in [0.3, 0.4) is 0 Å². The standard InChI is InChI=1S/C12H27N/c1-5-8-10-12(13-7-3)11(4)9-6-2/h11-13H,5-10H2,1-4H3. The summed E-state index contributed by atoms with van der Waals surface area (Å²) in [6.45, 7) is 10.2. The highest BCUT2D eigenvalue weighted by atomic mass is 14.9. The SMILES string of the molecule is CCCCC(NCC)C(C)CCC. The molecule has 0 saturated heterocycles. The number of nitrogens with one attached hydrogen (secondary N) is 1. The fraction of sp³-hybridized carbons (Fsp3) is 1.00. The summed E-state index contributed by atoms with van der Waals surface area (Å²) in [6.07, 6.45) is 6.72. The molecule has 0 rings (SSSR count). The van der Waals surface area contributed by atoms with E-state index in [1.807, 2.05) is 0 Å². The van der Waals surface area contributed by atoms with Crippen LogP contribution in [-0.2, 0) is 0 Å². The Hall–Kier alpha value is -0.0400. The molecular weight excluding hydrogens is 158 g/mol. The van der Waals surface area contributed by atoms with Crippen molar-refractivity contribution < 1.29 is 0 Å². The van der Waals surface area contributed by atoms with E-state index < -0.39 is 0 Å². The van der Waals surface area contributed by atoms with E-state index in [1.54, 1.807) is 0 Å². The van der Waals surface area contributed by atoms with Gasteiger partial charge in [0, 0.05) is 6.04 Å². The number of hydrogen-bond acceptors (Lipinski definition) is 1. The molecule has 0 heterocycles. The first-order valence-corrected chi connectivity index (χ1v) is 5.99. The Morgan fingerprint density at radius 2 is 1.69 bits per heavy atom. The molecule has 0 radical (unpaired) electrons. The molecule has 2 unspecified atom stereocenters. The van der Waals surface area contributed by atoms with Gasteiger partial charge in [-0.15, -0.1) is 0 Å². The van der Waals surface area contributed by atoms with E-state index in [2.05, 4.69) is 33.0 Å². The Balaban J connectivity index is 3.75. The van der Waals surface area contributed by atoms with Gasteiger partial charge in [0.1, 0.15) is 0 Å². The van der Waals surface area contributed by atoms with Crippen LogP contribution >= 0.6 is 0 Å². The van der Waals surface area contributed by atoms with Crippen LogP contribution in [0.25, 0.3) is 0 Å². The van der Waals surface area contributed by atoms with E-state index in [0.717, 1.165) is 18.5 Å². The average Bonchev–Trinajstić information content (AvgIpc) is 2.12. The fourth-order valence-corrected chi connectivity index (χ4v) is 1.93. The minimum absolute atomic E-state index is 0.755. The molecular formula is C12H27N. The smallest absolute Gasteiger partial charge is 0.00925 e. The fourth-order valence-electron chi connectivity index (χ4n) is 1.93. The van der Waals surface area contributed by atoms with Gasteiger partial charge in [-0.3, -0.25) is 0 Å². The maximum atomic E-state index is 3.60. The molecule has 80 valence electrons. The second-order valence-electron chi connectivity index (χ2n) is 4.07. The lowest BCUT2D eigenvalue weighted by Gasteiger charge is -2.24. The molecule has 0 aliphatic carbocycles. The van der Waals surface area contributed by atoms with Crippen LogP contribution < -0.4 is 5.32 Å². The zero-order valence-corrected chi connectivity index (χ0v) is 9.90. The van der Waals surface area contributed by atoms with Crippen LogP contribution in [0.5, 0.6) is 0 Å². The first kappa shape index (κ1) is 13.0. The Morgan fingerprint density at radius 1 is 1.00 bits per heavy atom. The Bertz CT molecular complexity index is 101. The van der Waals surface area contributed by atoms with E-state index in [1.165, 1.54) is 32.1 Å². The normalized spacial score (nSPS) is 15.7. The molecule has 0 aromatic heterocycles. The molecule has 0 spiro atoms. The summed E-state index contributed by atoms with van der Waals surface area (Å²) in [7, 11) is 0. The summed E-state index contributed by atoms with van der Waals surface area (Å²) < 4.78 is 0. The first-order chi connectivity index (χ1) is 6.26. The van der Waals surface area contributed by atoms with E-state index in [-0.39, 0.29) is 0 Å². The second-order valence-corrected chi connectivity index (χ2v) is 4.07. The lowest BCUT2D eigenvalue weighted by molar-refractivity contribution is 0.335. The van der Waals surface area contributed by atoms with Crippen molar-refractivity contribution in [3.63, 3.8) is 0 Å². The zero-order valence-electron chi connectivity index (χ0n) is 9.90. The van der Waals surface area contributed by atoms with Crippen molar-refractivity contribution in [2.75, 3.05) is 6.54 Å². The highest BCUT2D eigenvalue weighted by Gasteiger charge is 2.14. The van der Waals surface area contributed by atoms with Crippen molar-refractivity contribution >= 4 is 0 Å². The van der Waals surface area contributed by atoms with Gasteiger partial charge in [-0.05, 0) is 25.3 Å². The Kier molecular flexibility index (Phi) is 8.53. The maximum absolute atomic E-state index is 3.60. The number of unbranched alkanes of at least 4 members (excludes halogenated alkanes) is 1. The topological polar surface area (TPSA) is 12.0 Å². The molecule has 13 heavy (non-hydrogen) atoms. The molecule has 0 saturated carbocycles. The molecule has 0 aliphatic rings. The lowest BCUT2D eigenvalue weighted by atomic mass is 9.93. The van der Waals surface area contributed by atoms with Crippen molar-refractivity contribution in [3.8, 4) is 0 Å². The summed E-state index contributed by atoms with van der Waals surface area (Å²) in [5.41, 5.74) is 0. The lowest BCUT2D eigenvalue weighted by Crippen LogP contribution is -2.34. The molecule has 0 aromatic carbocycles. The van der Waals surface area contributed by atoms with Gasteiger partial charge in [-0.25, -0.2) is 0 Å². The van der Waals surface area contributed by atoms with Gasteiger partial charge in [-0.2, -0.15) is 0 Å². The number of hydrogen-bond donors (Lipinski definition) is 1. The summed E-state index contributed by atoms with van der Waals surface area (Å²) in [5, 5.41) is 3.60. The van der Waals surface area contributed by atoms with Crippen LogP contribution in [0.15, 0.2) is 0 Å². The minimum Gasteiger partial charge on any atom is -0.314 e. The highest BCUT2D eigenvalue weighted by molar-refractivity contribution is 4.72. The van der Waals surface area contributed by atoms with Gasteiger partial charge in [0.15, 0.2) is 0 Å². The summed E-state index contributed by atoms with van der Waals surface area (Å²) in [5.74, 6) is 0.844. The molecule has 0 bridgehead atoms. The largest absolute Gasteiger partial charge is 0.314 e. The quantitative estimate of drug-likeness (QED) is 0.609. The van der Waals surface area contributed by atoms with Crippen LogP contribution in [0.1, 0.15) is 59.8 Å². The van der Waals surface area contributed by atoms with Crippen molar-refractivity contribution in [1.82, 2.24) is 5.32 Å². The second kappa shape index (κ2) is 8.55. The van der Waals surface area contributed by atoms with Gasteiger partial charge in [0.05, 0.1) is 0 Å². The van der Waals surface area contributed by atoms with Crippen LogP contribution in [0, 0.1) is 5.92 Å². The van der Waals surface area contributed by atoms with Crippen molar-refractivity contribution in [3.05, 3.63) is 0 Å². The molecule has 1 nitrogen and oxygen atoms in total. The zero-order chi connectivity index (χ0) is 10.1. The molecule has 0 fully saturated rings. The van der Waals surface area contributed by atoms with Gasteiger partial charge in [-0.1, -0.05) is 47.0 Å². The summed E-state index contributed by atoms with van der Waals surface area (Å²) in [4.78, 5) is 0. The molecule has 1 N–H and O–H groups in total. The first-order valence-electron chi connectivity index (χ1n) is 5.99. The average molecular weight is 185 g/mol. The van der Waals surface area contributed by atoms with E-state index in [4.69, 9.17) is 0 Å². The van der Waals surface area contributed by atoms with Crippen molar-refractivity contribution in [2.24, 2.45) is 5.92 Å². The summed E-state index contributed by atoms with van der Waals surface area (Å²) in [6, 6.07) is 0.755. The van der Waals surface area contributed by atoms with Gasteiger partial charge >= 0.3 is 0 Å². The molecule has 0 amide bonds. The Labute approximate surface area is 84.3 Å². The van der Waals surface area contributed by atoms with Crippen LogP contribution in [-0.4, -0.2) is 12.6 Å². The van der Waals surface area contributed by atoms with Crippen molar-refractivity contribution in [1.29, 1.82) is 0 Å². The molecule has 0 aliphatic heterocycles. The maximum Gasteiger partial charge on any atom is 0.00925 e. The predicted octanol–water partition coefficient (Wildman–Crippen LogP) is 3.59. The predicted molar refractivity (Wildman–Crippen MR) is 61.1 cm³/mol. The number of rotatable bonds is 8. The third-order valence-electron chi connectivity index (χ3n) is 2.77. The minimum atomic E-state index is 0.755. The van der Waals surface area contributed by atoms with Crippen molar-refractivity contribution in [2.45, 2.75) is 65.8 Å². The third kappa shape index (κ3) is 6.09. The highest BCUT2D eigenvalue weighted by Crippen LogP contribution is 2.15. The molecule has 1 heteroatoms. The molecule has 2 atom stereocenters. The third-order valence-corrected chi connectivity index (χ3v) is 2.77. The summed E-state index contributed by atoms with van der Waals surface area (Å²) >= 11 is 0. The van der Waals surface area contributed by atoms with Crippen LogP contribution in [0.4, 0.5) is 0 Å². The monoisotopic (exact) mass is 185 g/mol. The van der Waals surface area contributed by atoms with E-state index in [0.29, 0.717) is 0 Å². The molecule has 0 aromatic rings. The van der Waals surface area contributed by atoms with Gasteiger partial charge in [0.25, 0.3) is 0 Å². The Morgan fingerprint density at radius 3 is 2.15 bits per heavy atom. The van der Waals surface area contributed by atoms with E-state index >= 15 is 0 Å². The van der Waals surface area contributed by atoms with Gasteiger partial charge in [0.2, 0.25) is 0 Å².